The van der Waals surface area contributed by atoms with E-state index in [9.17, 15) is 0 Å². The average molecular weight is 664 g/mol. The molecule has 2 nitrogen and oxygen atoms in total. The molecule has 0 spiro atoms. The Kier molecular flexibility index (Phi) is 7.18. The Hall–Kier alpha value is -6.90. The van der Waals surface area contributed by atoms with Crippen LogP contribution in [0.25, 0.3) is 76.9 Å². The Labute approximate surface area is 302 Å². The number of furan rings is 1. The summed E-state index contributed by atoms with van der Waals surface area (Å²) >= 11 is 0. The number of nitrogens with zero attached hydrogens (tertiary/aromatic N) is 1. The standard InChI is InChI=1S/C50H33NO/c1-2-10-34(11-3-1)37-22-26-43(27-23-37)51(44-28-24-38(25-29-44)41-20-18-35-12-4-6-14-39(35)32-41)47-31-30-46-45-16-8-9-17-48(45)52-50(46)49(47)42-21-19-36-13-5-7-15-40(36)33-42/h1-33H. The molecule has 0 unspecified atom stereocenters. The van der Waals surface area contributed by atoms with Gasteiger partial charge in [-0.2, -0.15) is 0 Å². The number of fused-ring (bicyclic) bond motifs is 5. The Balaban J connectivity index is 1.19. The Morgan fingerprint density at radius 1 is 0.327 bits per heavy atom. The molecule has 10 aromatic rings. The third-order valence-corrected chi connectivity index (χ3v) is 10.2. The van der Waals surface area contributed by atoms with Crippen LogP contribution in [-0.2, 0) is 0 Å². The monoisotopic (exact) mass is 663 g/mol. The first-order valence-electron chi connectivity index (χ1n) is 17.8. The van der Waals surface area contributed by atoms with E-state index in [-0.39, 0.29) is 0 Å². The summed E-state index contributed by atoms with van der Waals surface area (Å²) in [7, 11) is 0. The molecule has 0 amide bonds. The molecule has 52 heavy (non-hydrogen) atoms. The predicted octanol–water partition coefficient (Wildman–Crippen LogP) is 14.4. The van der Waals surface area contributed by atoms with Crippen molar-refractivity contribution in [2.45, 2.75) is 0 Å². The second-order valence-corrected chi connectivity index (χ2v) is 13.4. The van der Waals surface area contributed by atoms with E-state index in [4.69, 9.17) is 4.42 Å². The van der Waals surface area contributed by atoms with Crippen LogP contribution in [0.3, 0.4) is 0 Å². The third kappa shape index (κ3) is 5.21. The summed E-state index contributed by atoms with van der Waals surface area (Å²) in [4.78, 5) is 2.37. The molecule has 0 aliphatic carbocycles. The highest BCUT2D eigenvalue weighted by Crippen LogP contribution is 2.47. The first-order chi connectivity index (χ1) is 25.8. The van der Waals surface area contributed by atoms with Crippen molar-refractivity contribution in [3.8, 4) is 33.4 Å². The fourth-order valence-electron chi connectivity index (χ4n) is 7.62. The Morgan fingerprint density at radius 2 is 0.827 bits per heavy atom. The number of hydrogen-bond donors (Lipinski definition) is 0. The summed E-state index contributed by atoms with van der Waals surface area (Å²) < 4.78 is 6.78. The van der Waals surface area contributed by atoms with Gasteiger partial charge in [-0.25, -0.2) is 0 Å². The minimum atomic E-state index is 0.882. The summed E-state index contributed by atoms with van der Waals surface area (Å²) in [6.07, 6.45) is 0. The highest BCUT2D eigenvalue weighted by atomic mass is 16.3. The first kappa shape index (κ1) is 30.0. The highest BCUT2D eigenvalue weighted by Gasteiger charge is 2.23. The van der Waals surface area contributed by atoms with Gasteiger partial charge in [-0.15, -0.1) is 0 Å². The van der Waals surface area contributed by atoms with Crippen molar-refractivity contribution in [1.29, 1.82) is 0 Å². The van der Waals surface area contributed by atoms with Crippen molar-refractivity contribution >= 4 is 60.5 Å². The van der Waals surface area contributed by atoms with Gasteiger partial charge in [0.25, 0.3) is 0 Å². The quantitative estimate of drug-likeness (QED) is 0.176. The molecule has 0 saturated carbocycles. The lowest BCUT2D eigenvalue weighted by molar-refractivity contribution is 0.670. The van der Waals surface area contributed by atoms with E-state index in [1.54, 1.807) is 0 Å². The second-order valence-electron chi connectivity index (χ2n) is 13.4. The lowest BCUT2D eigenvalue weighted by atomic mass is 9.96. The van der Waals surface area contributed by atoms with Gasteiger partial charge in [0, 0.05) is 27.7 Å². The zero-order valence-corrected chi connectivity index (χ0v) is 28.4. The van der Waals surface area contributed by atoms with Gasteiger partial charge in [0.05, 0.1) is 5.69 Å². The smallest absolute Gasteiger partial charge is 0.145 e. The summed E-state index contributed by atoms with van der Waals surface area (Å²) in [6, 6.07) is 71.7. The fourth-order valence-corrected chi connectivity index (χ4v) is 7.62. The molecule has 1 aromatic heterocycles. The lowest BCUT2D eigenvalue weighted by Gasteiger charge is -2.28. The van der Waals surface area contributed by atoms with Crippen LogP contribution in [0.2, 0.25) is 0 Å². The number of hydrogen-bond acceptors (Lipinski definition) is 2. The van der Waals surface area contributed by atoms with E-state index >= 15 is 0 Å². The number of anilines is 3. The maximum Gasteiger partial charge on any atom is 0.145 e. The van der Waals surface area contributed by atoms with Gasteiger partial charge in [0.1, 0.15) is 11.2 Å². The maximum absolute atomic E-state index is 6.78. The molecular weight excluding hydrogens is 631 g/mol. The van der Waals surface area contributed by atoms with Gasteiger partial charge in [-0.1, -0.05) is 146 Å². The molecule has 2 heteroatoms. The summed E-state index contributed by atoms with van der Waals surface area (Å²) in [5.74, 6) is 0. The van der Waals surface area contributed by atoms with Crippen molar-refractivity contribution in [2.75, 3.05) is 4.90 Å². The number of para-hydroxylation sites is 1. The van der Waals surface area contributed by atoms with E-state index in [1.807, 2.05) is 6.07 Å². The van der Waals surface area contributed by atoms with Crippen molar-refractivity contribution in [1.82, 2.24) is 0 Å². The molecular formula is C50H33NO. The SMILES string of the molecule is c1ccc(-c2ccc(N(c3ccc(-c4ccc5ccccc5c4)cc3)c3ccc4c(oc5ccccc54)c3-c3ccc4ccccc4c3)cc2)cc1. The van der Waals surface area contributed by atoms with E-state index in [2.05, 4.69) is 199 Å². The fraction of sp³-hybridized carbons (Fsp3) is 0. The molecule has 0 fully saturated rings. The minimum absolute atomic E-state index is 0.882. The Bertz CT molecular complexity index is 2890. The van der Waals surface area contributed by atoms with Crippen molar-refractivity contribution in [3.63, 3.8) is 0 Å². The second kappa shape index (κ2) is 12.5. The predicted molar refractivity (Wildman–Crippen MR) is 220 cm³/mol. The molecule has 9 aromatic carbocycles. The molecule has 244 valence electrons. The largest absolute Gasteiger partial charge is 0.455 e. The average Bonchev–Trinajstić information content (AvgIpc) is 3.60. The van der Waals surface area contributed by atoms with E-state index in [0.717, 1.165) is 50.1 Å². The van der Waals surface area contributed by atoms with E-state index < -0.39 is 0 Å². The van der Waals surface area contributed by atoms with Gasteiger partial charge in [0.15, 0.2) is 0 Å². The Morgan fingerprint density at radius 3 is 1.50 bits per heavy atom. The summed E-state index contributed by atoms with van der Waals surface area (Å²) in [5, 5.41) is 7.11. The van der Waals surface area contributed by atoms with Crippen LogP contribution in [0.1, 0.15) is 0 Å². The highest BCUT2D eigenvalue weighted by molar-refractivity contribution is 6.13. The molecule has 10 rings (SSSR count). The molecule has 0 aliphatic heterocycles. The molecule has 0 radical (unpaired) electrons. The van der Waals surface area contributed by atoms with Crippen LogP contribution < -0.4 is 4.90 Å². The van der Waals surface area contributed by atoms with E-state index in [0.29, 0.717) is 0 Å². The molecule has 0 saturated heterocycles. The van der Waals surface area contributed by atoms with Gasteiger partial charge in [-0.05, 0) is 104 Å². The first-order valence-corrected chi connectivity index (χ1v) is 17.8. The summed E-state index contributed by atoms with van der Waals surface area (Å²) in [6.45, 7) is 0. The van der Waals surface area contributed by atoms with Crippen LogP contribution >= 0.6 is 0 Å². The van der Waals surface area contributed by atoms with Crippen LogP contribution in [0, 0.1) is 0 Å². The van der Waals surface area contributed by atoms with Crippen molar-refractivity contribution in [3.05, 3.63) is 200 Å². The van der Waals surface area contributed by atoms with Gasteiger partial charge in [0.2, 0.25) is 0 Å². The van der Waals surface area contributed by atoms with Crippen LogP contribution in [0.15, 0.2) is 205 Å². The van der Waals surface area contributed by atoms with Gasteiger partial charge >= 0.3 is 0 Å². The normalized spacial score (nSPS) is 11.5. The lowest BCUT2D eigenvalue weighted by Crippen LogP contribution is -2.11. The van der Waals surface area contributed by atoms with Crippen LogP contribution in [0.4, 0.5) is 17.1 Å². The van der Waals surface area contributed by atoms with Gasteiger partial charge < -0.3 is 9.32 Å². The molecule has 0 atom stereocenters. The maximum atomic E-state index is 6.78. The van der Waals surface area contributed by atoms with Gasteiger partial charge in [-0.3, -0.25) is 0 Å². The van der Waals surface area contributed by atoms with Crippen LogP contribution in [-0.4, -0.2) is 0 Å². The third-order valence-electron chi connectivity index (χ3n) is 10.2. The number of benzene rings is 9. The molecule has 0 bridgehead atoms. The minimum Gasteiger partial charge on any atom is -0.455 e. The zero-order chi connectivity index (χ0) is 34.4. The molecule has 0 N–H and O–H groups in total. The van der Waals surface area contributed by atoms with Crippen LogP contribution in [0.5, 0.6) is 0 Å². The molecule has 1 heterocycles. The topological polar surface area (TPSA) is 16.4 Å². The summed E-state index contributed by atoms with van der Waals surface area (Å²) in [5.41, 5.74) is 11.9. The molecule has 0 aliphatic rings. The van der Waals surface area contributed by atoms with E-state index in [1.165, 1.54) is 43.8 Å². The zero-order valence-electron chi connectivity index (χ0n) is 28.4. The van der Waals surface area contributed by atoms with Crippen molar-refractivity contribution in [2.24, 2.45) is 0 Å². The number of rotatable bonds is 6. The van der Waals surface area contributed by atoms with Crippen molar-refractivity contribution < 1.29 is 4.42 Å².